The molecule has 17 heavy (non-hydrogen) atoms. The predicted octanol–water partition coefficient (Wildman–Crippen LogP) is 3.52. The zero-order chi connectivity index (χ0) is 12.5. The van der Waals surface area contributed by atoms with Crippen LogP contribution in [0.25, 0.3) is 0 Å². The van der Waals surface area contributed by atoms with E-state index in [2.05, 4.69) is 15.9 Å². The maximum Gasteiger partial charge on any atom is 0.168 e. The Hall–Kier alpha value is -0.380. The van der Waals surface area contributed by atoms with Crippen LogP contribution in [-0.2, 0) is 11.2 Å². The van der Waals surface area contributed by atoms with Gasteiger partial charge in [-0.15, -0.1) is 0 Å². The second-order valence-corrected chi connectivity index (χ2v) is 5.90. The number of carbonyl (C=O) groups is 1. The zero-order valence-corrected chi connectivity index (χ0v) is 11.7. The summed E-state index contributed by atoms with van der Waals surface area (Å²) in [5.74, 6) is -0.112. The van der Waals surface area contributed by atoms with Crippen molar-refractivity contribution in [1.29, 1.82) is 0 Å². The average Bonchev–Trinajstić information content (AvgIpc) is 2.71. The molecule has 0 unspecified atom stereocenters. The van der Waals surface area contributed by atoms with E-state index in [-0.39, 0.29) is 12.2 Å². The monoisotopic (exact) mass is 316 g/mol. The van der Waals surface area contributed by atoms with Crippen molar-refractivity contribution in [3.8, 4) is 0 Å². The van der Waals surface area contributed by atoms with Crippen molar-refractivity contribution >= 4 is 33.3 Å². The molecule has 1 N–H and O–H groups in total. The van der Waals surface area contributed by atoms with Crippen LogP contribution in [0.5, 0.6) is 0 Å². The van der Waals surface area contributed by atoms with Gasteiger partial charge in [-0.3, -0.25) is 4.79 Å². The van der Waals surface area contributed by atoms with Gasteiger partial charge >= 0.3 is 0 Å². The molecule has 2 rings (SSSR count). The van der Waals surface area contributed by atoms with Crippen molar-refractivity contribution in [2.24, 2.45) is 0 Å². The smallest absolute Gasteiger partial charge is 0.168 e. The van der Waals surface area contributed by atoms with Crippen LogP contribution in [0.3, 0.4) is 0 Å². The van der Waals surface area contributed by atoms with Crippen LogP contribution in [0.2, 0.25) is 5.02 Å². The normalized spacial score (nSPS) is 18.3. The minimum absolute atomic E-state index is 0.112. The van der Waals surface area contributed by atoms with E-state index in [0.29, 0.717) is 17.9 Å². The standard InChI is InChI=1S/C13H14BrClO2/c14-10-4-3-9(11(15)8-10)7-12(16)13(17)5-1-2-6-13/h3-4,8,17H,1-2,5-7H2. The molecule has 0 aromatic heterocycles. The topological polar surface area (TPSA) is 37.3 Å². The van der Waals surface area contributed by atoms with Gasteiger partial charge in [0.05, 0.1) is 0 Å². The van der Waals surface area contributed by atoms with Gasteiger partial charge in [-0.1, -0.05) is 33.6 Å². The van der Waals surface area contributed by atoms with E-state index < -0.39 is 5.60 Å². The highest BCUT2D eigenvalue weighted by Crippen LogP contribution is 2.32. The van der Waals surface area contributed by atoms with Gasteiger partial charge in [0.1, 0.15) is 5.60 Å². The molecule has 0 saturated heterocycles. The third-order valence-electron chi connectivity index (χ3n) is 3.32. The second kappa shape index (κ2) is 5.09. The SMILES string of the molecule is O=C(Cc1ccc(Br)cc1Cl)C1(O)CCCC1. The summed E-state index contributed by atoms with van der Waals surface area (Å²) in [5.41, 5.74) is -0.337. The zero-order valence-electron chi connectivity index (χ0n) is 9.38. The first kappa shape index (κ1) is 13.1. The fourth-order valence-corrected chi connectivity index (χ4v) is 2.98. The summed E-state index contributed by atoms with van der Waals surface area (Å²) in [7, 11) is 0. The Kier molecular flexibility index (Phi) is 3.91. The van der Waals surface area contributed by atoms with Gasteiger partial charge in [0.25, 0.3) is 0 Å². The number of ketones is 1. The fraction of sp³-hybridized carbons (Fsp3) is 0.462. The number of benzene rings is 1. The van der Waals surface area contributed by atoms with Crippen molar-refractivity contribution in [2.45, 2.75) is 37.7 Å². The average molecular weight is 318 g/mol. The fourth-order valence-electron chi connectivity index (χ4n) is 2.24. The number of carbonyl (C=O) groups excluding carboxylic acids is 1. The van der Waals surface area contributed by atoms with Gasteiger partial charge in [-0.05, 0) is 43.4 Å². The summed E-state index contributed by atoms with van der Waals surface area (Å²) in [6.07, 6.45) is 3.23. The highest BCUT2D eigenvalue weighted by Gasteiger charge is 2.38. The molecule has 92 valence electrons. The van der Waals surface area contributed by atoms with E-state index in [4.69, 9.17) is 11.6 Å². The summed E-state index contributed by atoms with van der Waals surface area (Å²) < 4.78 is 0.887. The van der Waals surface area contributed by atoms with E-state index in [1.54, 1.807) is 6.07 Å². The lowest BCUT2D eigenvalue weighted by atomic mass is 9.92. The second-order valence-electron chi connectivity index (χ2n) is 4.57. The molecule has 1 saturated carbocycles. The quantitative estimate of drug-likeness (QED) is 0.926. The number of rotatable bonds is 3. The molecular weight excluding hydrogens is 303 g/mol. The number of halogens is 2. The highest BCUT2D eigenvalue weighted by atomic mass is 79.9. The maximum absolute atomic E-state index is 12.1. The van der Waals surface area contributed by atoms with Gasteiger partial charge in [-0.2, -0.15) is 0 Å². The molecule has 1 aliphatic rings. The molecule has 0 spiro atoms. The van der Waals surface area contributed by atoms with E-state index in [9.17, 15) is 9.90 Å². The van der Waals surface area contributed by atoms with Gasteiger partial charge in [0.2, 0.25) is 0 Å². The lowest BCUT2D eigenvalue weighted by Crippen LogP contribution is -2.36. The molecule has 0 radical (unpaired) electrons. The number of aliphatic hydroxyl groups is 1. The Morgan fingerprint density at radius 2 is 2.06 bits per heavy atom. The number of Topliss-reactive ketones (excluding diaryl/α,β-unsaturated/α-hetero) is 1. The summed E-state index contributed by atoms with van der Waals surface area (Å²) in [6.45, 7) is 0. The van der Waals surface area contributed by atoms with E-state index in [1.807, 2.05) is 12.1 Å². The first-order valence-electron chi connectivity index (χ1n) is 5.71. The Morgan fingerprint density at radius 3 is 2.65 bits per heavy atom. The van der Waals surface area contributed by atoms with Crippen molar-refractivity contribution in [2.75, 3.05) is 0 Å². The number of hydrogen-bond acceptors (Lipinski definition) is 2. The first-order valence-corrected chi connectivity index (χ1v) is 6.88. The van der Waals surface area contributed by atoms with Crippen LogP contribution in [0.15, 0.2) is 22.7 Å². The van der Waals surface area contributed by atoms with Crippen molar-refractivity contribution in [1.82, 2.24) is 0 Å². The third kappa shape index (κ3) is 2.90. The molecule has 1 fully saturated rings. The van der Waals surface area contributed by atoms with Crippen LogP contribution in [0.1, 0.15) is 31.2 Å². The van der Waals surface area contributed by atoms with E-state index in [1.165, 1.54) is 0 Å². The van der Waals surface area contributed by atoms with Gasteiger partial charge in [-0.25, -0.2) is 0 Å². The minimum Gasteiger partial charge on any atom is -0.382 e. The van der Waals surface area contributed by atoms with Gasteiger partial charge < -0.3 is 5.11 Å². The molecule has 0 bridgehead atoms. The molecule has 0 amide bonds. The summed E-state index contributed by atoms with van der Waals surface area (Å²) in [6, 6.07) is 5.44. The van der Waals surface area contributed by atoms with Crippen LogP contribution >= 0.6 is 27.5 Å². The first-order chi connectivity index (χ1) is 8.01. The van der Waals surface area contributed by atoms with Crippen molar-refractivity contribution < 1.29 is 9.90 Å². The number of hydrogen-bond donors (Lipinski definition) is 1. The Labute approximate surface area is 114 Å². The van der Waals surface area contributed by atoms with Crippen LogP contribution in [0, 0.1) is 0 Å². The summed E-state index contributed by atoms with van der Waals surface area (Å²) in [4.78, 5) is 12.1. The Bertz CT molecular complexity index is 439. The van der Waals surface area contributed by atoms with Crippen LogP contribution in [-0.4, -0.2) is 16.5 Å². The van der Waals surface area contributed by atoms with E-state index in [0.717, 1.165) is 22.9 Å². The lowest BCUT2D eigenvalue weighted by molar-refractivity contribution is -0.136. The van der Waals surface area contributed by atoms with E-state index >= 15 is 0 Å². The Balaban J connectivity index is 2.13. The van der Waals surface area contributed by atoms with Gasteiger partial charge in [0, 0.05) is 15.9 Å². The maximum atomic E-state index is 12.1. The molecule has 0 heterocycles. The molecule has 2 nitrogen and oxygen atoms in total. The van der Waals surface area contributed by atoms with Crippen molar-refractivity contribution in [3.63, 3.8) is 0 Å². The molecule has 1 aromatic rings. The lowest BCUT2D eigenvalue weighted by Gasteiger charge is -2.20. The van der Waals surface area contributed by atoms with Crippen LogP contribution < -0.4 is 0 Å². The third-order valence-corrected chi connectivity index (χ3v) is 4.16. The predicted molar refractivity (Wildman–Crippen MR) is 71.3 cm³/mol. The molecule has 1 aromatic carbocycles. The van der Waals surface area contributed by atoms with Gasteiger partial charge in [0.15, 0.2) is 5.78 Å². The molecule has 0 atom stereocenters. The molecular formula is C13H14BrClO2. The highest BCUT2D eigenvalue weighted by molar-refractivity contribution is 9.10. The molecule has 0 aliphatic heterocycles. The largest absolute Gasteiger partial charge is 0.382 e. The summed E-state index contributed by atoms with van der Waals surface area (Å²) in [5, 5.41) is 10.7. The summed E-state index contributed by atoms with van der Waals surface area (Å²) >= 11 is 9.38. The Morgan fingerprint density at radius 1 is 1.41 bits per heavy atom. The molecule has 4 heteroatoms. The molecule has 1 aliphatic carbocycles. The minimum atomic E-state index is -1.11. The van der Waals surface area contributed by atoms with Crippen LogP contribution in [0.4, 0.5) is 0 Å². The van der Waals surface area contributed by atoms with Crippen molar-refractivity contribution in [3.05, 3.63) is 33.3 Å².